The Morgan fingerprint density at radius 2 is 1.93 bits per heavy atom. The molecule has 1 aliphatic carbocycles. The van der Waals surface area contributed by atoms with Gasteiger partial charge in [-0.2, -0.15) is 18.2 Å². The van der Waals surface area contributed by atoms with Gasteiger partial charge in [-0.25, -0.2) is 14.4 Å². The van der Waals surface area contributed by atoms with Crippen LogP contribution in [0.25, 0.3) is 5.69 Å². The lowest BCUT2D eigenvalue weighted by Crippen LogP contribution is -2.47. The topological polar surface area (TPSA) is 88.3 Å². The number of benzene rings is 2. The average molecular weight is 589 g/mol. The summed E-state index contributed by atoms with van der Waals surface area (Å²) < 4.78 is 61.8. The van der Waals surface area contributed by atoms with E-state index >= 15 is 0 Å². The standard InChI is InChI=1S/C28H25ClF4N6O2/c1-41-22-12-18(6-9-21(22)39-13-23(29)34-15-39)35-26-36-24-19(16-2-4-17(30)5-3-16)7-8-20(24)25(37-26)38-11-10-27(40,14-38)28(31,32)33/h2-6,9,12-13,15,19,40H,7-8,10-11,14H2,1H3,(H,35,36,37). The molecule has 0 radical (unpaired) electrons. The Kier molecular flexibility index (Phi) is 6.77. The highest BCUT2D eigenvalue weighted by molar-refractivity contribution is 6.29. The second kappa shape index (κ2) is 10.2. The van der Waals surface area contributed by atoms with Gasteiger partial charge in [0.2, 0.25) is 5.95 Å². The van der Waals surface area contributed by atoms with Crippen molar-refractivity contribution in [2.45, 2.75) is 37.0 Å². The minimum Gasteiger partial charge on any atom is -0.494 e. The van der Waals surface area contributed by atoms with Gasteiger partial charge < -0.3 is 24.6 Å². The van der Waals surface area contributed by atoms with E-state index in [0.29, 0.717) is 46.6 Å². The number of aromatic nitrogens is 4. The van der Waals surface area contributed by atoms with E-state index in [1.165, 1.54) is 24.1 Å². The lowest BCUT2D eigenvalue weighted by molar-refractivity contribution is -0.250. The SMILES string of the molecule is COc1cc(Nc2nc3c(c(N4CCC(O)(C(F)(F)F)C4)n2)CCC3c2ccc(F)cc2)ccc1-n1cnc(Cl)c1. The van der Waals surface area contributed by atoms with Crippen molar-refractivity contribution in [1.29, 1.82) is 0 Å². The first-order chi connectivity index (χ1) is 19.5. The smallest absolute Gasteiger partial charge is 0.418 e. The second-order valence-corrected chi connectivity index (χ2v) is 10.6. The Hall–Kier alpha value is -3.90. The van der Waals surface area contributed by atoms with Crippen molar-refractivity contribution in [3.63, 3.8) is 0 Å². The third kappa shape index (κ3) is 5.06. The summed E-state index contributed by atoms with van der Waals surface area (Å²) in [6, 6.07) is 11.4. The number of aliphatic hydroxyl groups is 1. The van der Waals surface area contributed by atoms with Crippen molar-refractivity contribution in [1.82, 2.24) is 19.5 Å². The molecule has 2 aliphatic rings. The number of β-amino-alcohol motifs (C(OH)–C–C–N with tert-alkyl or cyclic N) is 1. The molecule has 1 fully saturated rings. The summed E-state index contributed by atoms with van der Waals surface area (Å²) in [6.07, 6.45) is -0.875. The van der Waals surface area contributed by atoms with Gasteiger partial charge in [-0.1, -0.05) is 23.7 Å². The molecule has 0 bridgehead atoms. The summed E-state index contributed by atoms with van der Waals surface area (Å²) in [6.45, 7) is -0.646. The van der Waals surface area contributed by atoms with Gasteiger partial charge in [-0.15, -0.1) is 0 Å². The van der Waals surface area contributed by atoms with E-state index in [1.54, 1.807) is 47.4 Å². The van der Waals surface area contributed by atoms with Crippen molar-refractivity contribution in [3.05, 3.63) is 82.8 Å². The molecule has 13 heteroatoms. The number of rotatable bonds is 6. The number of ether oxygens (including phenoxy) is 1. The molecular weight excluding hydrogens is 564 g/mol. The fraction of sp³-hybridized carbons (Fsp3) is 0.321. The van der Waals surface area contributed by atoms with E-state index < -0.39 is 24.7 Å². The van der Waals surface area contributed by atoms with E-state index in [9.17, 15) is 22.7 Å². The molecule has 0 amide bonds. The number of nitrogens with zero attached hydrogens (tertiary/aromatic N) is 5. The molecule has 0 spiro atoms. The van der Waals surface area contributed by atoms with Crippen molar-refractivity contribution in [3.8, 4) is 11.4 Å². The van der Waals surface area contributed by atoms with Gasteiger partial charge in [0, 0.05) is 42.4 Å². The lowest BCUT2D eigenvalue weighted by Gasteiger charge is -2.27. The number of halogens is 5. The minimum atomic E-state index is -4.77. The maximum atomic E-state index is 13.6. The molecule has 214 valence electrons. The normalized spacial score (nSPS) is 20.4. The van der Waals surface area contributed by atoms with Crippen molar-refractivity contribution in [2.75, 3.05) is 30.4 Å². The molecule has 2 atom stereocenters. The highest BCUT2D eigenvalue weighted by Gasteiger charge is 2.57. The number of alkyl halides is 3. The van der Waals surface area contributed by atoms with Crippen LogP contribution in [0.3, 0.4) is 0 Å². The Labute approximate surface area is 237 Å². The minimum absolute atomic E-state index is 0.0178. The van der Waals surface area contributed by atoms with Crippen LogP contribution in [0.1, 0.15) is 35.6 Å². The highest BCUT2D eigenvalue weighted by Crippen LogP contribution is 2.45. The highest BCUT2D eigenvalue weighted by atomic mass is 35.5. The summed E-state index contributed by atoms with van der Waals surface area (Å²) in [4.78, 5) is 14.9. The van der Waals surface area contributed by atoms with Gasteiger partial charge in [-0.3, -0.25) is 0 Å². The van der Waals surface area contributed by atoms with Crippen LogP contribution in [-0.2, 0) is 6.42 Å². The van der Waals surface area contributed by atoms with Gasteiger partial charge in [0.05, 0.1) is 25.0 Å². The zero-order valence-electron chi connectivity index (χ0n) is 21.8. The number of anilines is 3. The van der Waals surface area contributed by atoms with E-state index in [-0.39, 0.29) is 24.2 Å². The lowest BCUT2D eigenvalue weighted by atomic mass is 9.97. The van der Waals surface area contributed by atoms with Crippen molar-refractivity contribution < 1.29 is 27.4 Å². The number of fused-ring (bicyclic) bond motifs is 1. The molecule has 4 aromatic rings. The first-order valence-corrected chi connectivity index (χ1v) is 13.3. The van der Waals surface area contributed by atoms with Gasteiger partial charge in [0.1, 0.15) is 28.9 Å². The summed E-state index contributed by atoms with van der Waals surface area (Å²) in [5.41, 5.74) is 0.663. The molecule has 8 nitrogen and oxygen atoms in total. The van der Waals surface area contributed by atoms with Gasteiger partial charge >= 0.3 is 6.18 Å². The summed E-state index contributed by atoms with van der Waals surface area (Å²) in [5.74, 6) is 0.468. The first-order valence-electron chi connectivity index (χ1n) is 12.9. The van der Waals surface area contributed by atoms with Crippen LogP contribution < -0.4 is 15.0 Å². The maximum absolute atomic E-state index is 13.6. The van der Waals surface area contributed by atoms with Gasteiger partial charge in [0.15, 0.2) is 5.60 Å². The zero-order valence-corrected chi connectivity index (χ0v) is 22.5. The van der Waals surface area contributed by atoms with Crippen molar-refractivity contribution in [2.24, 2.45) is 0 Å². The van der Waals surface area contributed by atoms with Gasteiger partial charge in [-0.05, 0) is 42.7 Å². The second-order valence-electron chi connectivity index (χ2n) is 10.2. The van der Waals surface area contributed by atoms with E-state index in [0.717, 1.165) is 11.1 Å². The third-order valence-corrected chi connectivity index (χ3v) is 7.84. The molecule has 2 aromatic heterocycles. The maximum Gasteiger partial charge on any atom is 0.418 e. The van der Waals surface area contributed by atoms with Crippen LogP contribution in [0.15, 0.2) is 55.0 Å². The predicted molar refractivity (Wildman–Crippen MR) is 145 cm³/mol. The Morgan fingerprint density at radius 1 is 1.15 bits per heavy atom. The van der Waals surface area contributed by atoms with Crippen LogP contribution in [0.4, 0.5) is 35.0 Å². The molecule has 1 aliphatic heterocycles. The van der Waals surface area contributed by atoms with E-state index in [4.69, 9.17) is 21.3 Å². The van der Waals surface area contributed by atoms with Crippen LogP contribution in [0.2, 0.25) is 5.15 Å². The first kappa shape index (κ1) is 27.3. The molecular formula is C28H25ClF4N6O2. The summed E-state index contributed by atoms with van der Waals surface area (Å²) in [5, 5.41) is 13.8. The largest absolute Gasteiger partial charge is 0.494 e. The molecule has 2 unspecified atom stereocenters. The molecule has 2 N–H and O–H groups in total. The number of nitrogens with one attached hydrogen (secondary N) is 1. The van der Waals surface area contributed by atoms with Crippen LogP contribution >= 0.6 is 11.6 Å². The number of hydrogen-bond acceptors (Lipinski definition) is 7. The van der Waals surface area contributed by atoms with E-state index in [2.05, 4.69) is 15.3 Å². The monoisotopic (exact) mass is 588 g/mol. The number of hydrogen-bond donors (Lipinski definition) is 2. The molecule has 0 saturated carbocycles. The molecule has 41 heavy (non-hydrogen) atoms. The molecule has 6 rings (SSSR count). The summed E-state index contributed by atoms with van der Waals surface area (Å²) >= 11 is 5.96. The molecule has 2 aromatic carbocycles. The molecule has 3 heterocycles. The summed E-state index contributed by atoms with van der Waals surface area (Å²) in [7, 11) is 1.52. The predicted octanol–water partition coefficient (Wildman–Crippen LogP) is 5.79. The zero-order chi connectivity index (χ0) is 28.9. The fourth-order valence-corrected chi connectivity index (χ4v) is 5.66. The van der Waals surface area contributed by atoms with Gasteiger partial charge in [0.25, 0.3) is 0 Å². The number of imidazole rings is 1. The Balaban J connectivity index is 1.39. The van der Waals surface area contributed by atoms with Crippen molar-refractivity contribution >= 4 is 29.1 Å². The quantitative estimate of drug-likeness (QED) is 0.276. The van der Waals surface area contributed by atoms with Crippen LogP contribution in [0.5, 0.6) is 5.75 Å². The Morgan fingerprint density at radius 3 is 2.59 bits per heavy atom. The Bertz CT molecular complexity index is 1600. The molecule has 1 saturated heterocycles. The van der Waals surface area contributed by atoms with E-state index in [1.807, 2.05) is 0 Å². The number of methoxy groups -OCH3 is 1. The van der Waals surface area contributed by atoms with Crippen LogP contribution in [0, 0.1) is 5.82 Å². The fourth-order valence-electron chi connectivity index (χ4n) is 5.51. The average Bonchev–Trinajstić information content (AvgIpc) is 3.67. The van der Waals surface area contributed by atoms with Crippen LogP contribution in [-0.4, -0.2) is 56.6 Å². The third-order valence-electron chi connectivity index (χ3n) is 7.64.